The molecule has 2 fully saturated rings. The van der Waals surface area contributed by atoms with Crippen molar-refractivity contribution in [2.75, 3.05) is 6.61 Å². The first-order valence-corrected chi connectivity index (χ1v) is 11.2. The van der Waals surface area contributed by atoms with E-state index in [9.17, 15) is 8.78 Å². The van der Waals surface area contributed by atoms with Gasteiger partial charge in [0, 0.05) is 0 Å². The van der Waals surface area contributed by atoms with Crippen LogP contribution in [0, 0.1) is 35.3 Å². The smallest absolute Gasteiger partial charge is 0.200 e. The van der Waals surface area contributed by atoms with E-state index in [1.165, 1.54) is 44.9 Å². The molecule has 0 aliphatic heterocycles. The molecule has 1 nitrogen and oxygen atoms in total. The summed E-state index contributed by atoms with van der Waals surface area (Å²) in [5.41, 5.74) is 0.445. The third kappa shape index (κ3) is 5.23. The molecule has 2 aliphatic rings. The fourth-order valence-electron chi connectivity index (χ4n) is 5.25. The monoisotopic (exact) mass is 378 g/mol. The molecule has 0 heterocycles. The second kappa shape index (κ2) is 9.89. The molecule has 0 amide bonds. The van der Waals surface area contributed by atoms with Crippen LogP contribution in [0.4, 0.5) is 8.78 Å². The highest BCUT2D eigenvalue weighted by Crippen LogP contribution is 2.42. The molecule has 0 radical (unpaired) electrons. The van der Waals surface area contributed by atoms with Gasteiger partial charge in [0.15, 0.2) is 11.6 Å². The van der Waals surface area contributed by atoms with Crippen molar-refractivity contribution in [3.8, 4) is 5.75 Å². The lowest BCUT2D eigenvalue weighted by atomic mass is 9.69. The van der Waals surface area contributed by atoms with E-state index in [0.717, 1.165) is 37.0 Å². The summed E-state index contributed by atoms with van der Waals surface area (Å²) < 4.78 is 34.0. The first-order valence-electron chi connectivity index (χ1n) is 11.2. The summed E-state index contributed by atoms with van der Waals surface area (Å²) in [7, 11) is 0. The third-order valence-corrected chi connectivity index (χ3v) is 7.15. The molecule has 0 aromatic heterocycles. The third-order valence-electron chi connectivity index (χ3n) is 7.15. The molecular formula is C24H36F2O. The Hall–Kier alpha value is -1.12. The van der Waals surface area contributed by atoms with Gasteiger partial charge in [0.25, 0.3) is 0 Å². The Bertz CT molecular complexity index is 584. The maximum atomic E-state index is 14.2. The average Bonchev–Trinajstić information content (AvgIpc) is 2.71. The Balaban J connectivity index is 1.44. The molecule has 0 N–H and O–H groups in total. The van der Waals surface area contributed by atoms with Gasteiger partial charge in [-0.3, -0.25) is 0 Å². The number of hydrogen-bond acceptors (Lipinski definition) is 1. The van der Waals surface area contributed by atoms with Crippen LogP contribution in [0.3, 0.4) is 0 Å². The van der Waals surface area contributed by atoms with Crippen molar-refractivity contribution in [3.63, 3.8) is 0 Å². The summed E-state index contributed by atoms with van der Waals surface area (Å²) in [5, 5.41) is 0. The molecule has 27 heavy (non-hydrogen) atoms. The van der Waals surface area contributed by atoms with E-state index in [-0.39, 0.29) is 5.75 Å². The van der Waals surface area contributed by atoms with Crippen LogP contribution in [0.25, 0.3) is 0 Å². The van der Waals surface area contributed by atoms with Crippen LogP contribution in [-0.4, -0.2) is 6.61 Å². The zero-order chi connectivity index (χ0) is 19.2. The SMILES string of the molecule is CCCc1ccc(OCC2CCC(C3CCC(CC)CC3)CC2)c(F)c1F. The van der Waals surface area contributed by atoms with Crippen LogP contribution >= 0.6 is 0 Å². The van der Waals surface area contributed by atoms with Crippen LogP contribution in [-0.2, 0) is 6.42 Å². The van der Waals surface area contributed by atoms with E-state index in [1.54, 1.807) is 12.1 Å². The maximum Gasteiger partial charge on any atom is 0.200 e. The second-order valence-corrected chi connectivity index (χ2v) is 8.88. The number of halogens is 2. The Morgan fingerprint density at radius 1 is 0.815 bits per heavy atom. The standard InChI is InChI=1S/C24H36F2O/c1-3-5-21-14-15-22(24(26)23(21)25)27-16-18-8-12-20(13-9-18)19-10-6-17(4-2)7-11-19/h14-15,17-20H,3-13,16H2,1-2H3. The van der Waals surface area contributed by atoms with Crippen LogP contribution < -0.4 is 4.74 Å². The van der Waals surface area contributed by atoms with Crippen molar-refractivity contribution in [1.82, 2.24) is 0 Å². The lowest BCUT2D eigenvalue weighted by Gasteiger charge is -2.37. The van der Waals surface area contributed by atoms with Gasteiger partial charge in [-0.2, -0.15) is 4.39 Å². The largest absolute Gasteiger partial charge is 0.490 e. The molecule has 0 bridgehead atoms. The van der Waals surface area contributed by atoms with Crippen molar-refractivity contribution in [3.05, 3.63) is 29.3 Å². The highest BCUT2D eigenvalue weighted by Gasteiger charge is 2.30. The van der Waals surface area contributed by atoms with Crippen molar-refractivity contribution < 1.29 is 13.5 Å². The van der Waals surface area contributed by atoms with Crippen LogP contribution in [0.2, 0.25) is 0 Å². The number of hydrogen-bond donors (Lipinski definition) is 0. The topological polar surface area (TPSA) is 9.23 Å². The van der Waals surface area contributed by atoms with Gasteiger partial charge in [0.05, 0.1) is 6.61 Å². The van der Waals surface area contributed by atoms with Gasteiger partial charge in [-0.25, -0.2) is 4.39 Å². The Morgan fingerprint density at radius 2 is 1.41 bits per heavy atom. The summed E-state index contributed by atoms with van der Waals surface area (Å²) in [5.74, 6) is 1.76. The van der Waals surface area contributed by atoms with Gasteiger partial charge in [0.2, 0.25) is 5.82 Å². The van der Waals surface area contributed by atoms with Crippen LogP contribution in [0.15, 0.2) is 12.1 Å². The van der Waals surface area contributed by atoms with Crippen molar-refractivity contribution >= 4 is 0 Å². The molecule has 0 unspecified atom stereocenters. The second-order valence-electron chi connectivity index (χ2n) is 8.88. The van der Waals surface area contributed by atoms with Crippen molar-refractivity contribution in [1.29, 1.82) is 0 Å². The number of rotatable bonds is 7. The first-order chi connectivity index (χ1) is 13.1. The van der Waals surface area contributed by atoms with Crippen LogP contribution in [0.5, 0.6) is 5.75 Å². The van der Waals surface area contributed by atoms with Crippen LogP contribution in [0.1, 0.15) is 83.6 Å². The van der Waals surface area contributed by atoms with E-state index in [0.29, 0.717) is 24.5 Å². The molecule has 0 atom stereocenters. The molecule has 1 aromatic carbocycles. The summed E-state index contributed by atoms with van der Waals surface area (Å²) in [6, 6.07) is 3.27. The Labute approximate surface area is 163 Å². The van der Waals surface area contributed by atoms with Crippen molar-refractivity contribution in [2.24, 2.45) is 23.7 Å². The number of benzene rings is 1. The van der Waals surface area contributed by atoms with E-state index in [2.05, 4.69) is 6.92 Å². The summed E-state index contributed by atoms with van der Waals surface area (Å²) in [4.78, 5) is 0. The molecule has 0 saturated heterocycles. The van der Waals surface area contributed by atoms with E-state index < -0.39 is 11.6 Å². The summed E-state index contributed by atoms with van der Waals surface area (Å²) in [6.07, 6.45) is 13.3. The normalized spacial score (nSPS) is 28.9. The van der Waals surface area contributed by atoms with E-state index in [1.807, 2.05) is 6.92 Å². The van der Waals surface area contributed by atoms with E-state index in [4.69, 9.17) is 4.74 Å². The minimum absolute atomic E-state index is 0.0763. The maximum absolute atomic E-state index is 14.2. The van der Waals surface area contributed by atoms with Gasteiger partial charge in [-0.1, -0.05) is 45.6 Å². The summed E-state index contributed by atoms with van der Waals surface area (Å²) >= 11 is 0. The molecule has 3 rings (SSSR count). The fourth-order valence-corrected chi connectivity index (χ4v) is 5.25. The van der Waals surface area contributed by atoms with Gasteiger partial charge in [0.1, 0.15) is 0 Å². The highest BCUT2D eigenvalue weighted by atomic mass is 19.2. The first kappa shape index (κ1) is 20.6. The minimum atomic E-state index is -0.817. The predicted molar refractivity (Wildman–Crippen MR) is 107 cm³/mol. The lowest BCUT2D eigenvalue weighted by molar-refractivity contribution is 0.121. The lowest BCUT2D eigenvalue weighted by Crippen LogP contribution is -2.27. The quantitative estimate of drug-likeness (QED) is 0.483. The average molecular weight is 379 g/mol. The zero-order valence-electron chi connectivity index (χ0n) is 17.1. The van der Waals surface area contributed by atoms with Gasteiger partial charge in [-0.15, -0.1) is 0 Å². The molecular weight excluding hydrogens is 342 g/mol. The molecule has 0 spiro atoms. The van der Waals surface area contributed by atoms with Crippen molar-refractivity contribution in [2.45, 2.75) is 84.5 Å². The Kier molecular flexibility index (Phi) is 7.55. The van der Waals surface area contributed by atoms with Gasteiger partial charge >= 0.3 is 0 Å². The number of ether oxygens (including phenoxy) is 1. The van der Waals surface area contributed by atoms with E-state index >= 15 is 0 Å². The van der Waals surface area contributed by atoms with Gasteiger partial charge < -0.3 is 4.74 Å². The zero-order valence-corrected chi connectivity index (χ0v) is 17.1. The molecule has 1 aromatic rings. The minimum Gasteiger partial charge on any atom is -0.490 e. The molecule has 2 saturated carbocycles. The fraction of sp³-hybridized carbons (Fsp3) is 0.750. The Morgan fingerprint density at radius 3 is 1.96 bits per heavy atom. The predicted octanol–water partition coefficient (Wildman–Crippen LogP) is 7.32. The molecule has 3 heteroatoms. The summed E-state index contributed by atoms with van der Waals surface area (Å²) in [6.45, 7) is 4.80. The highest BCUT2D eigenvalue weighted by molar-refractivity contribution is 5.31. The van der Waals surface area contributed by atoms with Gasteiger partial charge in [-0.05, 0) is 80.2 Å². The molecule has 2 aliphatic carbocycles. The number of aryl methyl sites for hydroxylation is 1. The molecule has 152 valence electrons.